The van der Waals surface area contributed by atoms with Gasteiger partial charge in [-0.25, -0.2) is 0 Å². The van der Waals surface area contributed by atoms with Crippen LogP contribution in [0.15, 0.2) is 30.3 Å². The molecule has 2 nitrogen and oxygen atoms in total. The van der Waals surface area contributed by atoms with E-state index in [0.29, 0.717) is 0 Å². The van der Waals surface area contributed by atoms with Crippen LogP contribution in [-0.2, 0) is 4.79 Å². The molecule has 84 valence electrons. The normalized spacial score (nSPS) is 14.7. The van der Waals surface area contributed by atoms with Gasteiger partial charge < -0.3 is 4.74 Å². The van der Waals surface area contributed by atoms with Crippen LogP contribution >= 0.6 is 21.6 Å². The summed E-state index contributed by atoms with van der Waals surface area (Å²) in [4.78, 5) is 12.1. The average molecular weight is 252 g/mol. The number of carbonyl (C=O) groups is 1. The first-order valence-corrected chi connectivity index (χ1v) is 7.30. The van der Waals surface area contributed by atoms with Crippen LogP contribution in [0.4, 0.5) is 0 Å². The van der Waals surface area contributed by atoms with Crippen LogP contribution in [-0.4, -0.2) is 18.1 Å². The topological polar surface area (TPSA) is 26.3 Å². The molecule has 0 N–H and O–H groups in total. The van der Waals surface area contributed by atoms with Crippen molar-refractivity contribution in [2.75, 3.05) is 12.4 Å². The van der Waals surface area contributed by atoms with E-state index in [1.54, 1.807) is 10.8 Å². The molecule has 1 aliphatic heterocycles. The predicted molar refractivity (Wildman–Crippen MR) is 70.6 cm³/mol. The summed E-state index contributed by atoms with van der Waals surface area (Å²) in [6.07, 6.45) is 2.22. The first-order valence-electron chi connectivity index (χ1n) is 4.98. The molecule has 0 bridgehead atoms. The molecule has 4 heteroatoms. The third-order valence-electron chi connectivity index (χ3n) is 2.07. The highest BCUT2D eigenvalue weighted by Gasteiger charge is 2.08. The van der Waals surface area contributed by atoms with E-state index in [1.807, 2.05) is 35.1 Å². The smallest absolute Gasteiger partial charge is 0.167 e. The summed E-state index contributed by atoms with van der Waals surface area (Å²) in [5.41, 5.74) is 1.21. The average Bonchev–Trinajstić information content (AvgIpc) is 2.80. The molecule has 0 amide bonds. The largest absolute Gasteiger partial charge is 0.486 e. The molecule has 16 heavy (non-hydrogen) atoms. The second kappa shape index (κ2) is 5.46. The van der Waals surface area contributed by atoms with Crippen LogP contribution in [0.2, 0.25) is 0 Å². The zero-order valence-corrected chi connectivity index (χ0v) is 10.6. The van der Waals surface area contributed by atoms with Gasteiger partial charge >= 0.3 is 0 Å². The van der Waals surface area contributed by atoms with E-state index in [1.165, 1.54) is 17.4 Å². The van der Waals surface area contributed by atoms with E-state index < -0.39 is 0 Å². The molecule has 0 fully saturated rings. The van der Waals surface area contributed by atoms with Crippen molar-refractivity contribution < 1.29 is 9.53 Å². The quantitative estimate of drug-likeness (QED) is 0.767. The van der Waals surface area contributed by atoms with Gasteiger partial charge in [0.25, 0.3) is 0 Å². The Morgan fingerprint density at radius 2 is 2.12 bits per heavy atom. The van der Waals surface area contributed by atoms with Gasteiger partial charge in [0.15, 0.2) is 5.78 Å². The van der Waals surface area contributed by atoms with Crippen molar-refractivity contribution in [3.05, 3.63) is 35.9 Å². The van der Waals surface area contributed by atoms with Crippen LogP contribution in [0.25, 0.3) is 4.91 Å². The summed E-state index contributed by atoms with van der Waals surface area (Å²) >= 11 is 0. The fourth-order valence-corrected chi connectivity index (χ4v) is 3.51. The number of rotatable bonds is 4. The minimum Gasteiger partial charge on any atom is -0.486 e. The van der Waals surface area contributed by atoms with Crippen LogP contribution in [0, 0.1) is 0 Å². The van der Waals surface area contributed by atoms with E-state index >= 15 is 0 Å². The van der Waals surface area contributed by atoms with Gasteiger partial charge in [0.2, 0.25) is 0 Å². The van der Waals surface area contributed by atoms with Crippen molar-refractivity contribution in [2.24, 2.45) is 0 Å². The molecule has 1 aliphatic rings. The highest BCUT2D eigenvalue weighted by Crippen LogP contribution is 2.42. The van der Waals surface area contributed by atoms with Crippen LogP contribution in [0.3, 0.4) is 0 Å². The van der Waals surface area contributed by atoms with Gasteiger partial charge in [-0.3, -0.25) is 4.79 Å². The number of ketones is 1. The van der Waals surface area contributed by atoms with E-state index in [4.69, 9.17) is 4.74 Å². The second-order valence-electron chi connectivity index (χ2n) is 3.45. The summed E-state index contributed by atoms with van der Waals surface area (Å²) in [7, 11) is 3.65. The molecular weight excluding hydrogens is 240 g/mol. The Morgan fingerprint density at radius 3 is 2.69 bits per heavy atom. The summed E-state index contributed by atoms with van der Waals surface area (Å²) in [5, 5.41) is 0. The molecule has 0 saturated heterocycles. The molecular formula is C12H12O2S2. The van der Waals surface area contributed by atoms with Gasteiger partial charge in [0.05, 0.1) is 0 Å². The highest BCUT2D eigenvalue weighted by atomic mass is 33.1. The minimum absolute atomic E-state index is 0.0366. The van der Waals surface area contributed by atoms with Crippen molar-refractivity contribution in [1.29, 1.82) is 0 Å². The summed E-state index contributed by atoms with van der Waals surface area (Å²) in [6.45, 7) is 1.66. The summed E-state index contributed by atoms with van der Waals surface area (Å²) < 4.78 is 5.30. The summed E-state index contributed by atoms with van der Waals surface area (Å²) in [6, 6.07) is 7.87. The number of Topliss-reactive ketones (excluding diaryl/α,β-unsaturated/α-hetero) is 1. The number of carbonyl (C=O) groups excluding carboxylic acids is 1. The van der Waals surface area contributed by atoms with Crippen molar-refractivity contribution >= 4 is 32.3 Å². The van der Waals surface area contributed by atoms with E-state index in [-0.39, 0.29) is 12.4 Å². The third kappa shape index (κ3) is 3.06. The molecule has 1 aromatic carbocycles. The predicted octanol–water partition coefficient (Wildman–Crippen LogP) is 3.39. The fraction of sp³-hybridized carbons (Fsp3) is 0.250. The zero-order valence-electron chi connectivity index (χ0n) is 8.93. The van der Waals surface area contributed by atoms with Gasteiger partial charge in [-0.2, -0.15) is 0 Å². The highest BCUT2D eigenvalue weighted by molar-refractivity contribution is 8.80. The van der Waals surface area contributed by atoms with Gasteiger partial charge in [0, 0.05) is 10.7 Å². The Balaban J connectivity index is 2.01. The van der Waals surface area contributed by atoms with Gasteiger partial charge in [-0.1, -0.05) is 39.8 Å². The van der Waals surface area contributed by atoms with Gasteiger partial charge in [-0.15, -0.1) is 0 Å². The Bertz CT molecular complexity index is 410. The number of hydrogen-bond acceptors (Lipinski definition) is 4. The van der Waals surface area contributed by atoms with Crippen molar-refractivity contribution in [3.63, 3.8) is 0 Å². The lowest BCUT2D eigenvalue weighted by atomic mass is 10.2. The first-order chi connectivity index (χ1) is 7.75. The third-order valence-corrected chi connectivity index (χ3v) is 4.37. The fourth-order valence-electron chi connectivity index (χ4n) is 1.31. The maximum Gasteiger partial charge on any atom is 0.167 e. The molecule has 0 saturated carbocycles. The molecule has 0 radical (unpaired) electrons. The molecule has 1 aromatic rings. The molecule has 0 spiro atoms. The molecule has 0 unspecified atom stereocenters. The maximum atomic E-state index is 10.8. The number of benzene rings is 1. The molecule has 2 rings (SSSR count). The number of ether oxygens (including phenoxy) is 1. The van der Waals surface area contributed by atoms with Crippen LogP contribution < -0.4 is 4.74 Å². The lowest BCUT2D eigenvalue weighted by molar-refractivity contribution is -0.118. The van der Waals surface area contributed by atoms with Crippen LogP contribution in [0.5, 0.6) is 5.75 Å². The lowest BCUT2D eigenvalue weighted by Gasteiger charge is -2.05. The Morgan fingerprint density at radius 1 is 1.38 bits per heavy atom. The van der Waals surface area contributed by atoms with Gasteiger partial charge in [-0.05, 0) is 24.6 Å². The first kappa shape index (κ1) is 11.6. The molecule has 1 heterocycles. The SMILES string of the molecule is CC(=O)COc1ccc(C2=CCSS2)cc1. The van der Waals surface area contributed by atoms with E-state index in [9.17, 15) is 4.79 Å². The van der Waals surface area contributed by atoms with E-state index in [2.05, 4.69) is 6.08 Å². The molecule has 0 aliphatic carbocycles. The lowest BCUT2D eigenvalue weighted by Crippen LogP contribution is -2.06. The van der Waals surface area contributed by atoms with Crippen LogP contribution in [0.1, 0.15) is 12.5 Å². The monoisotopic (exact) mass is 252 g/mol. The molecule has 0 atom stereocenters. The Kier molecular flexibility index (Phi) is 3.96. The maximum absolute atomic E-state index is 10.8. The van der Waals surface area contributed by atoms with Gasteiger partial charge in [0.1, 0.15) is 12.4 Å². The second-order valence-corrected chi connectivity index (χ2v) is 5.83. The standard InChI is InChI=1S/C12H12O2S2/c1-9(13)8-14-11-4-2-10(3-5-11)12-6-7-15-16-12/h2-6H,7-8H2,1H3. The Labute approximate surface area is 103 Å². The Hall–Kier alpha value is -0.870. The van der Waals surface area contributed by atoms with Crippen molar-refractivity contribution in [1.82, 2.24) is 0 Å². The number of hydrogen-bond donors (Lipinski definition) is 0. The molecule has 0 aromatic heterocycles. The summed E-state index contributed by atoms with van der Waals surface area (Å²) in [5.74, 6) is 1.85. The zero-order chi connectivity index (χ0) is 11.4. The minimum atomic E-state index is 0.0366. The van der Waals surface area contributed by atoms with Crippen molar-refractivity contribution in [3.8, 4) is 5.75 Å². The van der Waals surface area contributed by atoms with E-state index in [0.717, 1.165) is 11.5 Å². The van der Waals surface area contributed by atoms with Crippen molar-refractivity contribution in [2.45, 2.75) is 6.92 Å².